The van der Waals surface area contributed by atoms with Gasteiger partial charge in [-0.15, -0.1) is 0 Å². The quantitative estimate of drug-likeness (QED) is 0.290. The molecule has 1 heteroatoms. The molecule has 0 radical (unpaired) electrons. The monoisotopic (exact) mass is 334 g/mol. The Labute approximate surface area is 151 Å². The van der Waals surface area contributed by atoms with Crippen LogP contribution in [-0.2, 0) is 0 Å². The van der Waals surface area contributed by atoms with Crippen LogP contribution in [0.3, 0.4) is 0 Å². The lowest BCUT2D eigenvalue weighted by molar-refractivity contribution is 0.0842. The van der Waals surface area contributed by atoms with Gasteiger partial charge in [0.15, 0.2) is 0 Å². The number of hydrogen-bond donors (Lipinski definition) is 1. The van der Waals surface area contributed by atoms with Gasteiger partial charge in [0, 0.05) is 0 Å². The van der Waals surface area contributed by atoms with Gasteiger partial charge in [0.25, 0.3) is 0 Å². The van der Waals surface area contributed by atoms with Crippen molar-refractivity contribution in [2.24, 2.45) is 0 Å². The summed E-state index contributed by atoms with van der Waals surface area (Å²) in [5.74, 6) is 0. The van der Waals surface area contributed by atoms with E-state index in [-0.39, 0.29) is 0 Å². The molecule has 0 saturated carbocycles. The number of unbranched alkanes of at least 4 members (excludes halogenated alkanes) is 13. The fraction of sp³-hybridized carbons (Fsp3) is 0.826. The highest BCUT2D eigenvalue weighted by molar-refractivity contribution is 5.29. The summed E-state index contributed by atoms with van der Waals surface area (Å²) >= 11 is 0. The lowest BCUT2D eigenvalue weighted by Gasteiger charge is -2.25. The number of hydrogen-bond acceptors (Lipinski definition) is 1. The first-order chi connectivity index (χ1) is 11.7. The van der Waals surface area contributed by atoms with Crippen LogP contribution in [-0.4, -0.2) is 10.7 Å². The molecule has 0 aromatic rings. The molecule has 1 unspecified atom stereocenters. The minimum atomic E-state index is -0.583. The summed E-state index contributed by atoms with van der Waals surface area (Å²) in [6.45, 7) is 4.27. The highest BCUT2D eigenvalue weighted by atomic mass is 16.3. The molecule has 0 bridgehead atoms. The third kappa shape index (κ3) is 10.3. The summed E-state index contributed by atoms with van der Waals surface area (Å²) < 4.78 is 0. The van der Waals surface area contributed by atoms with E-state index in [2.05, 4.69) is 25.2 Å². The maximum atomic E-state index is 10.5. The summed E-state index contributed by atoms with van der Waals surface area (Å²) in [4.78, 5) is 0. The van der Waals surface area contributed by atoms with Gasteiger partial charge in [-0.3, -0.25) is 0 Å². The lowest BCUT2D eigenvalue weighted by atomic mass is 9.89. The predicted molar refractivity (Wildman–Crippen MR) is 107 cm³/mol. The van der Waals surface area contributed by atoms with Gasteiger partial charge in [-0.25, -0.2) is 0 Å². The van der Waals surface area contributed by atoms with Crippen LogP contribution in [0.1, 0.15) is 117 Å². The molecule has 1 atom stereocenters. The molecule has 1 rings (SSSR count). The van der Waals surface area contributed by atoms with E-state index < -0.39 is 5.60 Å². The normalized spacial score (nSPS) is 16.4. The third-order valence-corrected chi connectivity index (χ3v) is 5.48. The van der Waals surface area contributed by atoms with Gasteiger partial charge in [-0.05, 0) is 25.3 Å². The minimum absolute atomic E-state index is 0.583. The van der Waals surface area contributed by atoms with Gasteiger partial charge in [0.1, 0.15) is 0 Å². The maximum absolute atomic E-state index is 10.5. The van der Waals surface area contributed by atoms with Crippen molar-refractivity contribution in [3.8, 4) is 0 Å². The lowest BCUT2D eigenvalue weighted by Crippen LogP contribution is -2.26. The highest BCUT2D eigenvalue weighted by Crippen LogP contribution is 2.29. The largest absolute Gasteiger partial charge is 0.386 e. The van der Waals surface area contributed by atoms with Gasteiger partial charge in [-0.2, -0.15) is 0 Å². The fourth-order valence-corrected chi connectivity index (χ4v) is 3.67. The Morgan fingerprint density at radius 3 is 1.67 bits per heavy atom. The average Bonchev–Trinajstić information content (AvgIpc) is 3.10. The van der Waals surface area contributed by atoms with Crippen LogP contribution in [0.5, 0.6) is 0 Å². The summed E-state index contributed by atoms with van der Waals surface area (Å²) in [7, 11) is 0. The van der Waals surface area contributed by atoms with E-state index in [0.717, 1.165) is 19.3 Å². The predicted octanol–water partition coefficient (Wildman–Crippen LogP) is 7.50. The van der Waals surface area contributed by atoms with Crippen molar-refractivity contribution in [3.05, 3.63) is 23.8 Å². The van der Waals surface area contributed by atoms with Crippen molar-refractivity contribution in [3.63, 3.8) is 0 Å². The SMILES string of the molecule is CCCCCCCCCCCCCCCCC(C)(O)C1=CC=CC1. The molecular formula is C23H42O. The molecule has 1 aliphatic carbocycles. The molecule has 0 aromatic heterocycles. The first-order valence-corrected chi connectivity index (χ1v) is 10.8. The Kier molecular flexibility index (Phi) is 12.3. The molecule has 0 fully saturated rings. The first-order valence-electron chi connectivity index (χ1n) is 10.8. The van der Waals surface area contributed by atoms with E-state index in [1.165, 1.54) is 89.0 Å². The van der Waals surface area contributed by atoms with Crippen LogP contribution < -0.4 is 0 Å². The number of allylic oxidation sites excluding steroid dienone is 3. The summed E-state index contributed by atoms with van der Waals surface area (Å²) in [5.41, 5.74) is 0.609. The van der Waals surface area contributed by atoms with Crippen LogP contribution >= 0.6 is 0 Å². The van der Waals surface area contributed by atoms with E-state index in [0.29, 0.717) is 0 Å². The van der Waals surface area contributed by atoms with Crippen molar-refractivity contribution in [2.45, 2.75) is 122 Å². The zero-order chi connectivity index (χ0) is 17.5. The average molecular weight is 335 g/mol. The van der Waals surface area contributed by atoms with E-state index in [1.807, 2.05) is 6.92 Å². The Morgan fingerprint density at radius 1 is 0.792 bits per heavy atom. The van der Waals surface area contributed by atoms with Crippen molar-refractivity contribution >= 4 is 0 Å². The Morgan fingerprint density at radius 2 is 1.25 bits per heavy atom. The molecule has 0 saturated heterocycles. The smallest absolute Gasteiger partial charge is 0.0834 e. The highest BCUT2D eigenvalue weighted by Gasteiger charge is 2.24. The molecule has 24 heavy (non-hydrogen) atoms. The van der Waals surface area contributed by atoms with Crippen LogP contribution in [0, 0.1) is 0 Å². The molecule has 0 aromatic carbocycles. The summed E-state index contributed by atoms with van der Waals surface area (Å²) in [6, 6.07) is 0. The van der Waals surface area contributed by atoms with Crippen molar-refractivity contribution < 1.29 is 5.11 Å². The molecule has 0 heterocycles. The van der Waals surface area contributed by atoms with Gasteiger partial charge >= 0.3 is 0 Å². The summed E-state index contributed by atoms with van der Waals surface area (Å²) in [5, 5.41) is 10.5. The molecule has 0 spiro atoms. The molecule has 0 aliphatic heterocycles. The molecule has 1 N–H and O–H groups in total. The molecular weight excluding hydrogens is 292 g/mol. The number of aliphatic hydroxyl groups is 1. The van der Waals surface area contributed by atoms with Gasteiger partial charge in [-0.1, -0.05) is 115 Å². The Balaban J connectivity index is 1.81. The van der Waals surface area contributed by atoms with Gasteiger partial charge < -0.3 is 5.11 Å². The molecule has 1 aliphatic rings. The zero-order valence-corrected chi connectivity index (χ0v) is 16.5. The second-order valence-corrected chi connectivity index (χ2v) is 7.94. The molecule has 140 valence electrons. The van der Waals surface area contributed by atoms with E-state index in [9.17, 15) is 5.11 Å². The topological polar surface area (TPSA) is 20.2 Å². The van der Waals surface area contributed by atoms with Crippen LogP contribution in [0.4, 0.5) is 0 Å². The van der Waals surface area contributed by atoms with Crippen molar-refractivity contribution in [2.75, 3.05) is 0 Å². The maximum Gasteiger partial charge on any atom is 0.0834 e. The van der Waals surface area contributed by atoms with Crippen LogP contribution in [0.25, 0.3) is 0 Å². The Bertz CT molecular complexity index is 351. The third-order valence-electron chi connectivity index (χ3n) is 5.48. The molecule has 1 nitrogen and oxygen atoms in total. The van der Waals surface area contributed by atoms with E-state index in [1.54, 1.807) is 0 Å². The van der Waals surface area contributed by atoms with Crippen molar-refractivity contribution in [1.82, 2.24) is 0 Å². The molecule has 0 amide bonds. The minimum Gasteiger partial charge on any atom is -0.386 e. The second kappa shape index (κ2) is 13.7. The zero-order valence-electron chi connectivity index (χ0n) is 16.5. The summed E-state index contributed by atoms with van der Waals surface area (Å²) in [6.07, 6.45) is 27.5. The van der Waals surface area contributed by atoms with Crippen LogP contribution in [0.2, 0.25) is 0 Å². The number of rotatable bonds is 16. The first kappa shape index (κ1) is 21.5. The van der Waals surface area contributed by atoms with E-state index >= 15 is 0 Å². The van der Waals surface area contributed by atoms with E-state index in [4.69, 9.17) is 0 Å². The van der Waals surface area contributed by atoms with Gasteiger partial charge in [0.05, 0.1) is 5.60 Å². The Hall–Kier alpha value is -0.560. The van der Waals surface area contributed by atoms with Crippen molar-refractivity contribution in [1.29, 1.82) is 0 Å². The van der Waals surface area contributed by atoms with Gasteiger partial charge in [0.2, 0.25) is 0 Å². The second-order valence-electron chi connectivity index (χ2n) is 7.94. The fourth-order valence-electron chi connectivity index (χ4n) is 3.67. The van der Waals surface area contributed by atoms with Crippen LogP contribution in [0.15, 0.2) is 23.8 Å². The standard InChI is InChI=1S/C23H42O/c1-3-4-5-6-7-8-9-10-11-12-13-14-15-18-21-23(2,24)22-19-16-17-20-22/h16-17,19,24H,3-15,18,20-21H2,1-2H3.